The molecule has 5 rings (SSSR count). The summed E-state index contributed by atoms with van der Waals surface area (Å²) in [6.45, 7) is 3.91. The molecule has 0 amide bonds. The van der Waals surface area contributed by atoms with E-state index < -0.39 is 0 Å². The van der Waals surface area contributed by atoms with Gasteiger partial charge in [-0.2, -0.15) is 5.10 Å². The van der Waals surface area contributed by atoms with Crippen molar-refractivity contribution < 1.29 is 0 Å². The Balaban J connectivity index is 1.87. The normalized spacial score (nSPS) is 11.4. The highest BCUT2D eigenvalue weighted by molar-refractivity contribution is 6.35. The van der Waals surface area contributed by atoms with E-state index in [1.54, 1.807) is 17.1 Å². The summed E-state index contributed by atoms with van der Waals surface area (Å²) in [4.78, 5) is 24.6. The number of hydrogen-bond donors (Lipinski definition) is 1. The van der Waals surface area contributed by atoms with Gasteiger partial charge >= 0.3 is 0 Å². The number of nitrogens with one attached hydrogen (secondary N) is 1. The van der Waals surface area contributed by atoms with E-state index in [1.165, 1.54) is 6.07 Å². The van der Waals surface area contributed by atoms with Gasteiger partial charge in [-0.15, -0.1) is 0 Å². The lowest BCUT2D eigenvalue weighted by molar-refractivity contribution is 0.838. The fourth-order valence-corrected chi connectivity index (χ4v) is 3.75. The number of nitrogens with zero attached hydrogens (tertiary/aromatic N) is 4. The Hall–Kier alpha value is -3.51. The molecule has 0 aliphatic rings. The van der Waals surface area contributed by atoms with Gasteiger partial charge in [-0.1, -0.05) is 11.6 Å². The molecular weight excluding hydrogens is 386 g/mol. The van der Waals surface area contributed by atoms with Gasteiger partial charge in [0, 0.05) is 35.6 Å². The van der Waals surface area contributed by atoms with Crippen LogP contribution in [0.3, 0.4) is 0 Å². The Morgan fingerprint density at radius 1 is 1.10 bits per heavy atom. The summed E-state index contributed by atoms with van der Waals surface area (Å²) in [6.07, 6.45) is 5.24. The van der Waals surface area contributed by atoms with Crippen LogP contribution in [0.4, 0.5) is 0 Å². The van der Waals surface area contributed by atoms with E-state index in [9.17, 15) is 4.79 Å². The van der Waals surface area contributed by atoms with Crippen molar-refractivity contribution in [3.63, 3.8) is 0 Å². The van der Waals surface area contributed by atoms with Gasteiger partial charge in [-0.25, -0.2) is 9.67 Å². The first kappa shape index (κ1) is 17.6. The second-order valence-corrected chi connectivity index (χ2v) is 7.45. The van der Waals surface area contributed by atoms with Crippen LogP contribution in [0.2, 0.25) is 5.02 Å². The first-order valence-electron chi connectivity index (χ1n) is 9.11. The van der Waals surface area contributed by atoms with Crippen molar-refractivity contribution in [1.82, 2.24) is 24.7 Å². The molecule has 4 aromatic heterocycles. The van der Waals surface area contributed by atoms with Crippen LogP contribution in [0.1, 0.15) is 11.3 Å². The van der Waals surface area contributed by atoms with Crippen LogP contribution in [0.25, 0.3) is 38.9 Å². The SMILES string of the molecule is Cc1cnc2c(Cl)cc(-c3cc4c(=O)cc[nH]c4nc3-n3ccc(C)n3)cc2c1. The van der Waals surface area contributed by atoms with E-state index in [0.29, 0.717) is 21.9 Å². The Morgan fingerprint density at radius 2 is 1.97 bits per heavy atom. The number of hydrogen-bond acceptors (Lipinski definition) is 4. The molecule has 0 radical (unpaired) electrons. The molecule has 0 aliphatic carbocycles. The zero-order chi connectivity index (χ0) is 20.1. The number of aryl methyl sites for hydroxylation is 2. The topological polar surface area (TPSA) is 76.5 Å². The van der Waals surface area contributed by atoms with Gasteiger partial charge < -0.3 is 4.98 Å². The van der Waals surface area contributed by atoms with Crippen molar-refractivity contribution in [1.29, 1.82) is 0 Å². The molecule has 4 heterocycles. The Kier molecular flexibility index (Phi) is 3.96. The highest BCUT2D eigenvalue weighted by Crippen LogP contribution is 2.33. The monoisotopic (exact) mass is 401 g/mol. The predicted octanol–water partition coefficient (Wildman–Crippen LogP) is 4.59. The molecule has 1 N–H and O–H groups in total. The van der Waals surface area contributed by atoms with Gasteiger partial charge in [0.05, 0.1) is 21.6 Å². The van der Waals surface area contributed by atoms with E-state index >= 15 is 0 Å². The van der Waals surface area contributed by atoms with Gasteiger partial charge in [0.2, 0.25) is 0 Å². The van der Waals surface area contributed by atoms with Crippen LogP contribution in [-0.4, -0.2) is 24.7 Å². The molecule has 0 aliphatic heterocycles. The lowest BCUT2D eigenvalue weighted by Gasteiger charge is -2.12. The molecule has 0 atom stereocenters. The van der Waals surface area contributed by atoms with Crippen molar-refractivity contribution in [2.45, 2.75) is 13.8 Å². The number of rotatable bonds is 2. The third-order valence-corrected chi connectivity index (χ3v) is 5.13. The third-order valence-electron chi connectivity index (χ3n) is 4.85. The standard InChI is InChI=1S/C22H16ClN5O/c1-12-7-15-8-14(9-18(23)20(15)25-11-12)16-10-17-19(29)3-5-24-21(17)26-22(16)28-6-4-13(2)27-28/h3-11H,1-2H3,(H,24,26,29). The molecule has 0 fully saturated rings. The predicted molar refractivity (Wildman–Crippen MR) is 115 cm³/mol. The fraction of sp³-hybridized carbons (Fsp3) is 0.0909. The van der Waals surface area contributed by atoms with Crippen LogP contribution >= 0.6 is 11.6 Å². The molecule has 7 heteroatoms. The smallest absolute Gasteiger partial charge is 0.191 e. The maximum atomic E-state index is 12.4. The zero-order valence-electron chi connectivity index (χ0n) is 15.8. The number of halogens is 1. The first-order valence-corrected chi connectivity index (χ1v) is 9.49. The van der Waals surface area contributed by atoms with Crippen molar-refractivity contribution in [2.24, 2.45) is 0 Å². The number of aromatic nitrogens is 5. The fourth-order valence-electron chi connectivity index (χ4n) is 3.48. The highest BCUT2D eigenvalue weighted by Gasteiger charge is 2.16. The van der Waals surface area contributed by atoms with E-state index in [-0.39, 0.29) is 5.43 Å². The van der Waals surface area contributed by atoms with Gasteiger partial charge in [0.15, 0.2) is 11.2 Å². The summed E-state index contributed by atoms with van der Waals surface area (Å²) >= 11 is 6.54. The molecule has 0 unspecified atom stereocenters. The van der Waals surface area contributed by atoms with E-state index in [2.05, 4.69) is 15.1 Å². The third kappa shape index (κ3) is 2.98. The van der Waals surface area contributed by atoms with Crippen LogP contribution in [0.5, 0.6) is 0 Å². The van der Waals surface area contributed by atoms with Crippen LogP contribution in [-0.2, 0) is 0 Å². The quantitative estimate of drug-likeness (QED) is 0.469. The molecule has 142 valence electrons. The van der Waals surface area contributed by atoms with Gasteiger partial charge in [-0.05, 0) is 55.3 Å². The summed E-state index contributed by atoms with van der Waals surface area (Å²) < 4.78 is 1.71. The average Bonchev–Trinajstić information content (AvgIpc) is 3.13. The number of fused-ring (bicyclic) bond motifs is 2. The minimum Gasteiger partial charge on any atom is -0.346 e. The van der Waals surface area contributed by atoms with Crippen LogP contribution in [0, 0.1) is 13.8 Å². The number of pyridine rings is 3. The summed E-state index contributed by atoms with van der Waals surface area (Å²) in [6, 6.07) is 11.1. The number of aromatic amines is 1. The van der Waals surface area contributed by atoms with E-state index in [4.69, 9.17) is 16.6 Å². The Bertz CT molecular complexity index is 1470. The highest BCUT2D eigenvalue weighted by atomic mass is 35.5. The Labute approximate surface area is 170 Å². The molecular formula is C22H16ClN5O. The minimum absolute atomic E-state index is 0.0971. The number of benzene rings is 1. The summed E-state index contributed by atoms with van der Waals surface area (Å²) in [7, 11) is 0. The molecule has 0 bridgehead atoms. The van der Waals surface area contributed by atoms with Gasteiger partial charge in [-0.3, -0.25) is 9.78 Å². The average molecular weight is 402 g/mol. The second-order valence-electron chi connectivity index (χ2n) is 7.04. The lowest BCUT2D eigenvalue weighted by Crippen LogP contribution is -2.07. The summed E-state index contributed by atoms with van der Waals surface area (Å²) in [5.74, 6) is 0.614. The summed E-state index contributed by atoms with van der Waals surface area (Å²) in [5, 5.41) is 6.49. The molecule has 0 saturated heterocycles. The van der Waals surface area contributed by atoms with Crippen LogP contribution < -0.4 is 5.43 Å². The summed E-state index contributed by atoms with van der Waals surface area (Å²) in [5.41, 5.74) is 4.67. The van der Waals surface area contributed by atoms with Gasteiger partial charge in [0.1, 0.15) is 5.65 Å². The molecule has 29 heavy (non-hydrogen) atoms. The van der Waals surface area contributed by atoms with Crippen molar-refractivity contribution >= 4 is 33.5 Å². The number of H-pyrrole nitrogens is 1. The first-order chi connectivity index (χ1) is 14.0. The van der Waals surface area contributed by atoms with Crippen molar-refractivity contribution in [3.05, 3.63) is 81.5 Å². The molecule has 6 nitrogen and oxygen atoms in total. The molecule has 0 spiro atoms. The lowest BCUT2D eigenvalue weighted by atomic mass is 10.0. The molecule has 5 aromatic rings. The molecule has 1 aromatic carbocycles. The minimum atomic E-state index is -0.0971. The van der Waals surface area contributed by atoms with Crippen LogP contribution in [0.15, 0.2) is 59.8 Å². The molecule has 0 saturated carbocycles. The zero-order valence-corrected chi connectivity index (χ0v) is 16.5. The van der Waals surface area contributed by atoms with Gasteiger partial charge in [0.25, 0.3) is 0 Å². The largest absolute Gasteiger partial charge is 0.346 e. The van der Waals surface area contributed by atoms with E-state index in [0.717, 1.165) is 33.3 Å². The Morgan fingerprint density at radius 3 is 2.76 bits per heavy atom. The van der Waals surface area contributed by atoms with Crippen molar-refractivity contribution in [2.75, 3.05) is 0 Å². The van der Waals surface area contributed by atoms with Crippen molar-refractivity contribution in [3.8, 4) is 16.9 Å². The maximum Gasteiger partial charge on any atom is 0.191 e. The second kappa shape index (κ2) is 6.53. The van der Waals surface area contributed by atoms with E-state index in [1.807, 2.05) is 50.4 Å². The maximum absolute atomic E-state index is 12.4.